The molecular formula is C19H25FN2O. The van der Waals surface area contributed by atoms with E-state index in [1.807, 2.05) is 19.9 Å². The third-order valence-corrected chi connectivity index (χ3v) is 4.52. The van der Waals surface area contributed by atoms with Crippen LogP contribution in [0.2, 0.25) is 0 Å². The lowest BCUT2D eigenvalue weighted by atomic mass is 9.84. The third-order valence-electron chi connectivity index (χ3n) is 4.52. The normalized spacial score (nSPS) is 19.1. The summed E-state index contributed by atoms with van der Waals surface area (Å²) < 4.78 is 14.0. The van der Waals surface area contributed by atoms with Crippen LogP contribution in [0.5, 0.6) is 0 Å². The lowest BCUT2D eigenvalue weighted by Crippen LogP contribution is -2.51. The molecule has 0 bridgehead atoms. The molecule has 3 nitrogen and oxygen atoms in total. The molecule has 1 aliphatic rings. The number of piperidine rings is 1. The molecule has 124 valence electrons. The van der Waals surface area contributed by atoms with Crippen molar-refractivity contribution in [2.24, 2.45) is 0 Å². The van der Waals surface area contributed by atoms with Crippen molar-refractivity contribution in [1.82, 2.24) is 10.2 Å². The number of carbonyl (C=O) groups excluding carboxylic acids is 1. The first-order valence-corrected chi connectivity index (χ1v) is 8.16. The standard InChI is InChI=1S/C19H25FN2O/c1-4-12-22-13-8-7-11-17(22)18(23)21-14-19(2,3)15-9-5-6-10-16(15)20/h1,5-6,9-10,17H,7-8,11-14H2,2-3H3,(H,21,23). The van der Waals surface area contributed by atoms with Crippen LogP contribution in [0.4, 0.5) is 4.39 Å². The van der Waals surface area contributed by atoms with Crippen LogP contribution in [-0.4, -0.2) is 36.5 Å². The Labute approximate surface area is 138 Å². The fraction of sp³-hybridized carbons (Fsp3) is 0.526. The zero-order chi connectivity index (χ0) is 16.9. The van der Waals surface area contributed by atoms with Crippen LogP contribution < -0.4 is 5.32 Å². The summed E-state index contributed by atoms with van der Waals surface area (Å²) >= 11 is 0. The van der Waals surface area contributed by atoms with Gasteiger partial charge in [0.2, 0.25) is 5.91 Å². The van der Waals surface area contributed by atoms with Crippen LogP contribution in [0.15, 0.2) is 24.3 Å². The van der Waals surface area contributed by atoms with Gasteiger partial charge < -0.3 is 5.32 Å². The summed E-state index contributed by atoms with van der Waals surface area (Å²) in [4.78, 5) is 14.6. The molecular weight excluding hydrogens is 291 g/mol. The van der Waals surface area contributed by atoms with Gasteiger partial charge in [-0.15, -0.1) is 6.42 Å². The Morgan fingerprint density at radius 1 is 1.43 bits per heavy atom. The molecule has 0 radical (unpaired) electrons. The van der Waals surface area contributed by atoms with Gasteiger partial charge in [0.25, 0.3) is 0 Å². The van der Waals surface area contributed by atoms with Gasteiger partial charge in [-0.2, -0.15) is 0 Å². The van der Waals surface area contributed by atoms with E-state index in [1.54, 1.807) is 12.1 Å². The van der Waals surface area contributed by atoms with Crippen LogP contribution in [0.25, 0.3) is 0 Å². The maximum atomic E-state index is 14.0. The van der Waals surface area contributed by atoms with Gasteiger partial charge in [0, 0.05) is 12.0 Å². The number of nitrogens with zero attached hydrogens (tertiary/aromatic N) is 1. The quantitative estimate of drug-likeness (QED) is 0.847. The summed E-state index contributed by atoms with van der Waals surface area (Å²) in [7, 11) is 0. The van der Waals surface area contributed by atoms with Crippen molar-refractivity contribution in [1.29, 1.82) is 0 Å². The summed E-state index contributed by atoms with van der Waals surface area (Å²) in [6, 6.07) is 6.54. The van der Waals surface area contributed by atoms with Crippen molar-refractivity contribution >= 4 is 5.91 Å². The molecule has 1 aromatic rings. The average molecular weight is 316 g/mol. The van der Waals surface area contributed by atoms with Crippen LogP contribution in [-0.2, 0) is 10.2 Å². The Morgan fingerprint density at radius 2 is 2.17 bits per heavy atom. The van der Waals surface area contributed by atoms with Gasteiger partial charge in [0.1, 0.15) is 5.82 Å². The highest BCUT2D eigenvalue weighted by molar-refractivity contribution is 5.82. The number of hydrogen-bond donors (Lipinski definition) is 1. The Bertz CT molecular complexity index is 591. The zero-order valence-corrected chi connectivity index (χ0v) is 13.9. The van der Waals surface area contributed by atoms with Crippen LogP contribution in [0.3, 0.4) is 0 Å². The van der Waals surface area contributed by atoms with Gasteiger partial charge in [0.15, 0.2) is 0 Å². The molecule has 4 heteroatoms. The second kappa shape index (κ2) is 7.61. The summed E-state index contributed by atoms with van der Waals surface area (Å²) in [5, 5.41) is 2.99. The molecule has 2 rings (SSSR count). The first-order valence-electron chi connectivity index (χ1n) is 8.16. The van der Waals surface area contributed by atoms with Gasteiger partial charge in [-0.05, 0) is 31.0 Å². The van der Waals surface area contributed by atoms with E-state index in [9.17, 15) is 9.18 Å². The van der Waals surface area contributed by atoms with Gasteiger partial charge >= 0.3 is 0 Å². The molecule has 0 aliphatic carbocycles. The van der Waals surface area contributed by atoms with E-state index in [1.165, 1.54) is 6.07 Å². The second-order valence-electron chi connectivity index (χ2n) is 6.77. The molecule has 23 heavy (non-hydrogen) atoms. The number of nitrogens with one attached hydrogen (secondary N) is 1. The van der Waals surface area contributed by atoms with E-state index >= 15 is 0 Å². The Hall–Kier alpha value is -1.86. The molecule has 1 amide bonds. The Kier molecular flexibility index (Phi) is 5.79. The smallest absolute Gasteiger partial charge is 0.237 e. The Morgan fingerprint density at radius 3 is 2.87 bits per heavy atom. The van der Waals surface area contributed by atoms with Gasteiger partial charge in [0.05, 0.1) is 12.6 Å². The third kappa shape index (κ3) is 4.33. The summed E-state index contributed by atoms with van der Waals surface area (Å²) in [6.45, 7) is 5.62. The van der Waals surface area contributed by atoms with Crippen LogP contribution in [0, 0.1) is 18.2 Å². The minimum atomic E-state index is -0.466. The number of carbonyl (C=O) groups is 1. The Balaban J connectivity index is 2.00. The first-order chi connectivity index (χ1) is 11.0. The second-order valence-corrected chi connectivity index (χ2v) is 6.77. The highest BCUT2D eigenvalue weighted by atomic mass is 19.1. The predicted molar refractivity (Wildman–Crippen MR) is 90.5 cm³/mol. The van der Waals surface area contributed by atoms with Gasteiger partial charge in [-0.1, -0.05) is 44.4 Å². The fourth-order valence-corrected chi connectivity index (χ4v) is 3.13. The highest BCUT2D eigenvalue weighted by Crippen LogP contribution is 2.25. The number of rotatable bonds is 5. The minimum Gasteiger partial charge on any atom is -0.354 e. The van der Waals surface area contributed by atoms with Crippen molar-refractivity contribution in [3.05, 3.63) is 35.6 Å². The molecule has 1 aliphatic heterocycles. The molecule has 1 saturated heterocycles. The fourth-order valence-electron chi connectivity index (χ4n) is 3.13. The molecule has 1 heterocycles. The molecule has 1 atom stereocenters. The zero-order valence-electron chi connectivity index (χ0n) is 13.9. The lowest BCUT2D eigenvalue weighted by Gasteiger charge is -2.34. The van der Waals surface area contributed by atoms with Gasteiger partial charge in [-0.3, -0.25) is 9.69 Å². The number of halogens is 1. The topological polar surface area (TPSA) is 32.3 Å². The van der Waals surface area contributed by atoms with Crippen molar-refractivity contribution < 1.29 is 9.18 Å². The average Bonchev–Trinajstić information content (AvgIpc) is 2.54. The minimum absolute atomic E-state index is 0.00985. The van der Waals surface area contributed by atoms with E-state index in [-0.39, 0.29) is 17.8 Å². The summed E-state index contributed by atoms with van der Waals surface area (Å²) in [5.74, 6) is 2.38. The molecule has 0 spiro atoms. The first kappa shape index (κ1) is 17.5. The summed E-state index contributed by atoms with van der Waals surface area (Å²) in [6.07, 6.45) is 8.33. The number of amides is 1. The molecule has 0 saturated carbocycles. The SMILES string of the molecule is C#CCN1CCCCC1C(=O)NCC(C)(C)c1ccccc1F. The van der Waals surface area contributed by atoms with Crippen molar-refractivity contribution in [3.8, 4) is 12.3 Å². The molecule has 0 aromatic heterocycles. The predicted octanol–water partition coefficient (Wildman–Crippen LogP) is 2.71. The number of terminal acetylenes is 1. The number of benzene rings is 1. The van der Waals surface area contributed by atoms with Gasteiger partial charge in [-0.25, -0.2) is 4.39 Å². The van der Waals surface area contributed by atoms with Crippen molar-refractivity contribution in [2.75, 3.05) is 19.6 Å². The maximum absolute atomic E-state index is 14.0. The number of likely N-dealkylation sites (tertiary alicyclic amines) is 1. The molecule has 1 aromatic carbocycles. The van der Waals surface area contributed by atoms with E-state index < -0.39 is 5.41 Å². The van der Waals surface area contributed by atoms with Crippen molar-refractivity contribution in [3.63, 3.8) is 0 Å². The van der Waals surface area contributed by atoms with E-state index in [2.05, 4.69) is 16.1 Å². The molecule has 1 unspecified atom stereocenters. The molecule has 1 fully saturated rings. The van der Waals surface area contributed by atoms with Crippen molar-refractivity contribution in [2.45, 2.75) is 44.6 Å². The maximum Gasteiger partial charge on any atom is 0.237 e. The highest BCUT2D eigenvalue weighted by Gasteiger charge is 2.30. The number of hydrogen-bond acceptors (Lipinski definition) is 2. The van der Waals surface area contributed by atoms with E-state index in [0.29, 0.717) is 18.7 Å². The van der Waals surface area contributed by atoms with Crippen LogP contribution in [0.1, 0.15) is 38.7 Å². The lowest BCUT2D eigenvalue weighted by molar-refractivity contribution is -0.127. The summed E-state index contributed by atoms with van der Waals surface area (Å²) in [5.41, 5.74) is 0.150. The van der Waals surface area contributed by atoms with E-state index in [4.69, 9.17) is 6.42 Å². The van der Waals surface area contributed by atoms with Crippen LogP contribution >= 0.6 is 0 Å². The molecule has 1 N–H and O–H groups in total. The largest absolute Gasteiger partial charge is 0.354 e. The monoisotopic (exact) mass is 316 g/mol. The van der Waals surface area contributed by atoms with E-state index in [0.717, 1.165) is 25.8 Å².